The third kappa shape index (κ3) is 2.64. The van der Waals surface area contributed by atoms with Crippen LogP contribution < -0.4 is 5.32 Å². The Morgan fingerprint density at radius 1 is 1.35 bits per heavy atom. The molecule has 0 aliphatic heterocycles. The first-order valence-electron chi connectivity index (χ1n) is 5.93. The number of anilines is 1. The van der Waals surface area contributed by atoms with Gasteiger partial charge in [0.05, 0.1) is 17.1 Å². The Morgan fingerprint density at radius 3 is 3.05 bits per heavy atom. The number of fused-ring (bicyclic) bond motifs is 1. The number of carbonyl (C=O) groups excluding carboxylic acids is 1. The number of thiazole rings is 1. The number of carbonyl (C=O) groups is 1. The molecular formula is C14H10ClN3OS. The standard InChI is InChI=1S/C14H10ClN3OS/c15-7-11-8-20-14(17-11)18-13(19)10-3-4-12-9(6-10)2-1-5-16-12/h1-6,8H,7H2,(H,17,18,19). The quantitative estimate of drug-likeness (QED) is 0.751. The molecule has 0 spiro atoms. The van der Waals surface area contributed by atoms with Crippen LogP contribution in [0.3, 0.4) is 0 Å². The van der Waals surface area contributed by atoms with Crippen molar-refractivity contribution < 1.29 is 4.79 Å². The lowest BCUT2D eigenvalue weighted by Gasteiger charge is -2.03. The smallest absolute Gasteiger partial charge is 0.257 e. The third-order valence-electron chi connectivity index (χ3n) is 2.77. The fraction of sp³-hybridized carbons (Fsp3) is 0.0714. The molecule has 3 aromatic rings. The van der Waals surface area contributed by atoms with E-state index < -0.39 is 0 Å². The van der Waals surface area contributed by atoms with Crippen LogP contribution in [0.25, 0.3) is 10.9 Å². The number of hydrogen-bond donors (Lipinski definition) is 1. The molecule has 3 rings (SSSR count). The van der Waals surface area contributed by atoms with Crippen LogP contribution in [0.2, 0.25) is 0 Å². The average Bonchev–Trinajstić information content (AvgIpc) is 2.94. The molecule has 0 aliphatic carbocycles. The maximum absolute atomic E-state index is 12.2. The molecule has 0 bridgehead atoms. The van der Waals surface area contributed by atoms with Crippen LogP contribution in [-0.4, -0.2) is 15.9 Å². The van der Waals surface area contributed by atoms with Crippen molar-refractivity contribution in [2.75, 3.05) is 5.32 Å². The number of hydrogen-bond acceptors (Lipinski definition) is 4. The Kier molecular flexibility index (Phi) is 3.62. The first-order chi connectivity index (χ1) is 9.76. The van der Waals surface area contributed by atoms with Crippen LogP contribution in [0.4, 0.5) is 5.13 Å². The van der Waals surface area contributed by atoms with Crippen molar-refractivity contribution in [2.45, 2.75) is 5.88 Å². The second kappa shape index (κ2) is 5.56. The van der Waals surface area contributed by atoms with Crippen LogP contribution in [0.15, 0.2) is 41.9 Å². The van der Waals surface area contributed by atoms with Crippen molar-refractivity contribution in [3.63, 3.8) is 0 Å². The Morgan fingerprint density at radius 2 is 2.25 bits per heavy atom. The number of rotatable bonds is 3. The van der Waals surface area contributed by atoms with E-state index in [1.807, 2.05) is 29.6 Å². The van der Waals surface area contributed by atoms with Crippen LogP contribution >= 0.6 is 22.9 Å². The van der Waals surface area contributed by atoms with Gasteiger partial charge in [0.25, 0.3) is 5.91 Å². The second-order valence-electron chi connectivity index (χ2n) is 4.14. The van der Waals surface area contributed by atoms with Crippen LogP contribution in [0.5, 0.6) is 0 Å². The molecule has 0 atom stereocenters. The predicted octanol–water partition coefficient (Wildman–Crippen LogP) is 3.68. The first-order valence-corrected chi connectivity index (χ1v) is 7.34. The molecule has 1 aromatic carbocycles. The van der Waals surface area contributed by atoms with Gasteiger partial charge in [-0.3, -0.25) is 15.1 Å². The number of halogens is 1. The Balaban J connectivity index is 1.84. The molecule has 20 heavy (non-hydrogen) atoms. The lowest BCUT2D eigenvalue weighted by Crippen LogP contribution is -2.11. The topological polar surface area (TPSA) is 54.9 Å². The molecule has 6 heteroatoms. The average molecular weight is 304 g/mol. The summed E-state index contributed by atoms with van der Waals surface area (Å²) in [5, 5.41) is 6.08. The molecule has 2 aromatic heterocycles. The van der Waals surface area contributed by atoms with Gasteiger partial charge in [-0.25, -0.2) is 4.98 Å². The zero-order valence-corrected chi connectivity index (χ0v) is 11.9. The monoisotopic (exact) mass is 303 g/mol. The summed E-state index contributed by atoms with van der Waals surface area (Å²) in [7, 11) is 0. The normalized spacial score (nSPS) is 10.7. The zero-order chi connectivity index (χ0) is 13.9. The van der Waals surface area contributed by atoms with E-state index in [0.29, 0.717) is 16.6 Å². The van der Waals surface area contributed by atoms with Gasteiger partial charge in [0, 0.05) is 22.5 Å². The van der Waals surface area contributed by atoms with Crippen LogP contribution in [0.1, 0.15) is 16.1 Å². The van der Waals surface area contributed by atoms with Gasteiger partial charge in [-0.2, -0.15) is 0 Å². The lowest BCUT2D eigenvalue weighted by molar-refractivity contribution is 0.102. The maximum atomic E-state index is 12.2. The summed E-state index contributed by atoms with van der Waals surface area (Å²) < 4.78 is 0. The largest absolute Gasteiger partial charge is 0.298 e. The number of pyridine rings is 1. The zero-order valence-electron chi connectivity index (χ0n) is 10.3. The molecule has 4 nitrogen and oxygen atoms in total. The highest BCUT2D eigenvalue weighted by molar-refractivity contribution is 7.14. The SMILES string of the molecule is O=C(Nc1nc(CCl)cs1)c1ccc2ncccc2c1. The summed E-state index contributed by atoms with van der Waals surface area (Å²) in [4.78, 5) is 20.6. The molecule has 0 unspecified atom stereocenters. The Hall–Kier alpha value is -1.98. The molecule has 1 N–H and O–H groups in total. The van der Waals surface area contributed by atoms with E-state index in [4.69, 9.17) is 11.6 Å². The van der Waals surface area contributed by atoms with Gasteiger partial charge < -0.3 is 0 Å². The summed E-state index contributed by atoms with van der Waals surface area (Å²) in [6.45, 7) is 0. The highest BCUT2D eigenvalue weighted by Crippen LogP contribution is 2.19. The predicted molar refractivity (Wildman–Crippen MR) is 81.4 cm³/mol. The van der Waals surface area contributed by atoms with E-state index in [2.05, 4.69) is 15.3 Å². The van der Waals surface area contributed by atoms with Gasteiger partial charge in [-0.05, 0) is 24.3 Å². The maximum Gasteiger partial charge on any atom is 0.257 e. The van der Waals surface area contributed by atoms with Crippen molar-refractivity contribution in [3.8, 4) is 0 Å². The van der Waals surface area contributed by atoms with Gasteiger partial charge >= 0.3 is 0 Å². The summed E-state index contributed by atoms with van der Waals surface area (Å²) in [5.41, 5.74) is 2.20. The minimum absolute atomic E-state index is 0.189. The molecule has 0 saturated carbocycles. The summed E-state index contributed by atoms with van der Waals surface area (Å²) >= 11 is 7.04. The fourth-order valence-corrected chi connectivity index (χ4v) is 2.75. The molecule has 0 fully saturated rings. The van der Waals surface area contributed by atoms with Gasteiger partial charge in [-0.15, -0.1) is 22.9 Å². The molecular weight excluding hydrogens is 294 g/mol. The number of amides is 1. The first kappa shape index (κ1) is 13.0. The van der Waals surface area contributed by atoms with E-state index in [-0.39, 0.29) is 5.91 Å². The number of nitrogens with zero attached hydrogens (tertiary/aromatic N) is 2. The van der Waals surface area contributed by atoms with Crippen molar-refractivity contribution in [3.05, 3.63) is 53.2 Å². The van der Waals surface area contributed by atoms with Gasteiger partial charge in [0.15, 0.2) is 5.13 Å². The molecule has 100 valence electrons. The summed E-state index contributed by atoms with van der Waals surface area (Å²) in [5.74, 6) is 0.153. The van der Waals surface area contributed by atoms with E-state index >= 15 is 0 Å². The van der Waals surface area contributed by atoms with Crippen LogP contribution in [-0.2, 0) is 5.88 Å². The van der Waals surface area contributed by atoms with Gasteiger partial charge in [0.2, 0.25) is 0 Å². The van der Waals surface area contributed by atoms with Crippen molar-refractivity contribution >= 4 is 44.9 Å². The number of aromatic nitrogens is 2. The van der Waals surface area contributed by atoms with Crippen molar-refractivity contribution in [1.29, 1.82) is 0 Å². The summed E-state index contributed by atoms with van der Waals surface area (Å²) in [6.07, 6.45) is 1.73. The fourth-order valence-electron chi connectivity index (χ4n) is 1.81. The molecule has 0 aliphatic rings. The third-order valence-corrected chi connectivity index (χ3v) is 3.85. The van der Waals surface area contributed by atoms with E-state index in [1.165, 1.54) is 11.3 Å². The molecule has 0 saturated heterocycles. The minimum atomic E-state index is -0.189. The van der Waals surface area contributed by atoms with E-state index in [1.54, 1.807) is 12.3 Å². The van der Waals surface area contributed by atoms with E-state index in [0.717, 1.165) is 16.6 Å². The minimum Gasteiger partial charge on any atom is -0.298 e. The lowest BCUT2D eigenvalue weighted by atomic mass is 10.1. The molecule has 1 amide bonds. The second-order valence-corrected chi connectivity index (χ2v) is 5.27. The number of nitrogens with one attached hydrogen (secondary N) is 1. The highest BCUT2D eigenvalue weighted by Gasteiger charge is 2.09. The van der Waals surface area contributed by atoms with E-state index in [9.17, 15) is 4.79 Å². The number of alkyl halides is 1. The van der Waals surface area contributed by atoms with Crippen molar-refractivity contribution in [2.24, 2.45) is 0 Å². The molecule has 0 radical (unpaired) electrons. The van der Waals surface area contributed by atoms with Crippen LogP contribution in [0, 0.1) is 0 Å². The van der Waals surface area contributed by atoms with Gasteiger partial charge in [0.1, 0.15) is 0 Å². The Labute approximate surface area is 124 Å². The number of benzene rings is 1. The van der Waals surface area contributed by atoms with Gasteiger partial charge in [-0.1, -0.05) is 6.07 Å². The summed E-state index contributed by atoms with van der Waals surface area (Å²) in [6, 6.07) is 9.16. The van der Waals surface area contributed by atoms with Crippen molar-refractivity contribution in [1.82, 2.24) is 9.97 Å². The highest BCUT2D eigenvalue weighted by atomic mass is 35.5. The molecule has 2 heterocycles. The Bertz CT molecular complexity index is 772.